The van der Waals surface area contributed by atoms with Crippen LogP contribution in [0.25, 0.3) is 0 Å². The molecule has 1 aliphatic heterocycles. The smallest absolute Gasteiger partial charge is 0.243 e. The Labute approximate surface area is 128 Å². The Morgan fingerprint density at radius 1 is 1.33 bits per heavy atom. The molecule has 1 saturated heterocycles. The van der Waals surface area contributed by atoms with E-state index < -0.39 is 10.0 Å². The highest BCUT2D eigenvalue weighted by Gasteiger charge is 2.34. The van der Waals surface area contributed by atoms with Gasteiger partial charge in [0, 0.05) is 19.1 Å². The first-order valence-corrected chi connectivity index (χ1v) is 9.26. The molecule has 21 heavy (non-hydrogen) atoms. The van der Waals surface area contributed by atoms with E-state index in [1.165, 1.54) is 0 Å². The van der Waals surface area contributed by atoms with Crippen LogP contribution in [0.15, 0.2) is 23.1 Å². The normalized spacial score (nSPS) is 20.0. The standard InChI is InChI=1S/C16H26N2O2S/c1-4-15-7-6-10-18(15)21(19,20)16-9-8-13(3)14(11-16)12-17-5-2/h8-9,11,15,17H,4-7,10,12H2,1-3H3. The fourth-order valence-corrected chi connectivity index (χ4v) is 4.75. The highest BCUT2D eigenvalue weighted by molar-refractivity contribution is 7.89. The molecule has 0 radical (unpaired) electrons. The van der Waals surface area contributed by atoms with E-state index in [0.29, 0.717) is 18.0 Å². The first-order chi connectivity index (χ1) is 10.0. The Bertz CT molecular complexity index is 584. The second-order valence-electron chi connectivity index (χ2n) is 5.69. The third-order valence-corrected chi connectivity index (χ3v) is 6.23. The molecule has 0 bridgehead atoms. The van der Waals surface area contributed by atoms with E-state index in [1.54, 1.807) is 10.4 Å². The van der Waals surface area contributed by atoms with Gasteiger partial charge in [0.1, 0.15) is 0 Å². The van der Waals surface area contributed by atoms with Gasteiger partial charge in [0.2, 0.25) is 10.0 Å². The molecule has 4 nitrogen and oxygen atoms in total. The van der Waals surface area contributed by atoms with Crippen molar-refractivity contribution in [3.05, 3.63) is 29.3 Å². The van der Waals surface area contributed by atoms with E-state index in [4.69, 9.17) is 0 Å². The van der Waals surface area contributed by atoms with Crippen molar-refractivity contribution < 1.29 is 8.42 Å². The third kappa shape index (κ3) is 3.47. The SMILES string of the molecule is CCNCc1cc(S(=O)(=O)N2CCCC2CC)ccc1C. The first kappa shape index (κ1) is 16.5. The zero-order valence-corrected chi connectivity index (χ0v) is 14.0. The summed E-state index contributed by atoms with van der Waals surface area (Å²) in [6.45, 7) is 8.37. The van der Waals surface area contributed by atoms with Crippen LogP contribution in [0.1, 0.15) is 44.2 Å². The van der Waals surface area contributed by atoms with Gasteiger partial charge < -0.3 is 5.32 Å². The van der Waals surface area contributed by atoms with Gasteiger partial charge in [0.05, 0.1) is 4.90 Å². The minimum atomic E-state index is -3.36. The predicted molar refractivity (Wildman–Crippen MR) is 85.8 cm³/mol. The molecule has 0 aromatic heterocycles. The van der Waals surface area contributed by atoms with Crippen molar-refractivity contribution in [1.29, 1.82) is 0 Å². The van der Waals surface area contributed by atoms with Crippen LogP contribution in [0.3, 0.4) is 0 Å². The summed E-state index contributed by atoms with van der Waals surface area (Å²) in [7, 11) is -3.36. The third-order valence-electron chi connectivity index (χ3n) is 4.29. The van der Waals surface area contributed by atoms with Crippen LogP contribution in [-0.4, -0.2) is 31.9 Å². The van der Waals surface area contributed by atoms with E-state index in [1.807, 2.05) is 26.0 Å². The largest absolute Gasteiger partial charge is 0.313 e. The number of aryl methyl sites for hydroxylation is 1. The second-order valence-corrected chi connectivity index (χ2v) is 7.58. The van der Waals surface area contributed by atoms with Crippen LogP contribution < -0.4 is 5.32 Å². The van der Waals surface area contributed by atoms with Gasteiger partial charge in [0.25, 0.3) is 0 Å². The van der Waals surface area contributed by atoms with Gasteiger partial charge in [-0.05, 0) is 56.0 Å². The molecular weight excluding hydrogens is 284 g/mol. The van der Waals surface area contributed by atoms with E-state index >= 15 is 0 Å². The van der Waals surface area contributed by atoms with Gasteiger partial charge in [-0.25, -0.2) is 8.42 Å². The molecule has 0 saturated carbocycles. The molecule has 1 fully saturated rings. The lowest BCUT2D eigenvalue weighted by atomic mass is 10.1. The molecule has 1 unspecified atom stereocenters. The van der Waals surface area contributed by atoms with Gasteiger partial charge in [-0.3, -0.25) is 0 Å². The molecule has 2 rings (SSSR count). The fourth-order valence-electron chi connectivity index (χ4n) is 2.93. The quantitative estimate of drug-likeness (QED) is 0.879. The Balaban J connectivity index is 2.31. The summed E-state index contributed by atoms with van der Waals surface area (Å²) in [5, 5.41) is 3.27. The average molecular weight is 310 g/mol. The molecule has 1 aromatic carbocycles. The molecule has 1 N–H and O–H groups in total. The minimum absolute atomic E-state index is 0.161. The average Bonchev–Trinajstić information content (AvgIpc) is 2.95. The monoisotopic (exact) mass is 310 g/mol. The van der Waals surface area contributed by atoms with Gasteiger partial charge in [-0.2, -0.15) is 4.31 Å². The zero-order chi connectivity index (χ0) is 15.5. The molecule has 1 atom stereocenters. The van der Waals surface area contributed by atoms with Crippen molar-refractivity contribution >= 4 is 10.0 Å². The fraction of sp³-hybridized carbons (Fsp3) is 0.625. The molecule has 0 aliphatic carbocycles. The summed E-state index contributed by atoms with van der Waals surface area (Å²) >= 11 is 0. The van der Waals surface area contributed by atoms with Crippen molar-refractivity contribution in [2.24, 2.45) is 0 Å². The summed E-state index contributed by atoms with van der Waals surface area (Å²) in [6, 6.07) is 5.65. The number of hydrogen-bond donors (Lipinski definition) is 1. The van der Waals surface area contributed by atoms with Gasteiger partial charge in [0.15, 0.2) is 0 Å². The molecule has 1 aromatic rings. The number of nitrogens with one attached hydrogen (secondary N) is 1. The molecule has 5 heteroatoms. The Hall–Kier alpha value is -0.910. The summed E-state index contributed by atoms with van der Waals surface area (Å²) in [6.07, 6.45) is 2.83. The predicted octanol–water partition coefficient (Wildman–Crippen LogP) is 2.67. The van der Waals surface area contributed by atoms with Gasteiger partial charge in [-0.15, -0.1) is 0 Å². The summed E-state index contributed by atoms with van der Waals surface area (Å²) < 4.78 is 27.4. The highest BCUT2D eigenvalue weighted by atomic mass is 32.2. The molecule has 1 aliphatic rings. The number of hydrogen-bond acceptors (Lipinski definition) is 3. The van der Waals surface area contributed by atoms with Gasteiger partial charge >= 0.3 is 0 Å². The number of rotatable bonds is 6. The van der Waals surface area contributed by atoms with Crippen LogP contribution in [0.2, 0.25) is 0 Å². The van der Waals surface area contributed by atoms with Crippen LogP contribution in [0.5, 0.6) is 0 Å². The number of nitrogens with zero attached hydrogens (tertiary/aromatic N) is 1. The van der Waals surface area contributed by atoms with Crippen LogP contribution in [0, 0.1) is 6.92 Å². The van der Waals surface area contributed by atoms with E-state index in [0.717, 1.165) is 36.9 Å². The minimum Gasteiger partial charge on any atom is -0.313 e. The maximum absolute atomic E-state index is 12.8. The highest BCUT2D eigenvalue weighted by Crippen LogP contribution is 2.28. The van der Waals surface area contributed by atoms with Crippen LogP contribution in [0.4, 0.5) is 0 Å². The van der Waals surface area contributed by atoms with Crippen LogP contribution in [-0.2, 0) is 16.6 Å². The molecular formula is C16H26N2O2S. The van der Waals surface area contributed by atoms with Crippen molar-refractivity contribution in [2.45, 2.75) is 57.5 Å². The van der Waals surface area contributed by atoms with Crippen molar-refractivity contribution in [1.82, 2.24) is 9.62 Å². The second kappa shape index (κ2) is 6.90. The van der Waals surface area contributed by atoms with Crippen molar-refractivity contribution in [3.63, 3.8) is 0 Å². The maximum atomic E-state index is 12.8. The summed E-state index contributed by atoms with van der Waals surface area (Å²) in [4.78, 5) is 0.432. The summed E-state index contributed by atoms with van der Waals surface area (Å²) in [5.74, 6) is 0. The number of benzene rings is 1. The molecule has 0 amide bonds. The molecule has 0 spiro atoms. The Kier molecular flexibility index (Phi) is 5.41. The van der Waals surface area contributed by atoms with E-state index in [2.05, 4.69) is 12.2 Å². The lowest BCUT2D eigenvalue weighted by molar-refractivity contribution is 0.379. The summed E-state index contributed by atoms with van der Waals surface area (Å²) in [5.41, 5.74) is 2.19. The Morgan fingerprint density at radius 2 is 2.10 bits per heavy atom. The van der Waals surface area contributed by atoms with Crippen molar-refractivity contribution in [2.75, 3.05) is 13.1 Å². The maximum Gasteiger partial charge on any atom is 0.243 e. The lowest BCUT2D eigenvalue weighted by Crippen LogP contribution is -2.35. The zero-order valence-electron chi connectivity index (χ0n) is 13.2. The van der Waals surface area contributed by atoms with E-state index in [9.17, 15) is 8.42 Å². The van der Waals surface area contributed by atoms with Gasteiger partial charge in [-0.1, -0.05) is 19.9 Å². The van der Waals surface area contributed by atoms with Crippen LogP contribution >= 0.6 is 0 Å². The topological polar surface area (TPSA) is 49.4 Å². The van der Waals surface area contributed by atoms with Crippen molar-refractivity contribution in [3.8, 4) is 0 Å². The first-order valence-electron chi connectivity index (χ1n) is 7.82. The van der Waals surface area contributed by atoms with E-state index in [-0.39, 0.29) is 6.04 Å². The Morgan fingerprint density at radius 3 is 2.76 bits per heavy atom. The molecule has 118 valence electrons. The molecule has 1 heterocycles. The number of sulfonamides is 1. The lowest BCUT2D eigenvalue weighted by Gasteiger charge is -2.23.